The highest BCUT2D eigenvalue weighted by Crippen LogP contribution is 2.33. The van der Waals surface area contributed by atoms with Gasteiger partial charge in [0.2, 0.25) is 5.82 Å². The summed E-state index contributed by atoms with van der Waals surface area (Å²) in [4.78, 5) is 4.54. The fourth-order valence-electron chi connectivity index (χ4n) is 3.78. The van der Waals surface area contributed by atoms with Crippen LogP contribution >= 0.6 is 0 Å². The van der Waals surface area contributed by atoms with E-state index in [1.807, 2.05) is 60.1 Å². The predicted molar refractivity (Wildman–Crippen MR) is 119 cm³/mol. The Hall–Kier alpha value is -3.85. The molecule has 0 N–H and O–H groups in total. The van der Waals surface area contributed by atoms with Crippen molar-refractivity contribution < 1.29 is 23.5 Å². The minimum atomic E-state index is -0.0920. The number of ether oxygens (including phenoxy) is 4. The lowest BCUT2D eigenvalue weighted by Gasteiger charge is -2.24. The second kappa shape index (κ2) is 8.95. The Kier molecular flexibility index (Phi) is 5.70. The molecule has 1 aliphatic heterocycles. The van der Waals surface area contributed by atoms with Crippen LogP contribution in [0.2, 0.25) is 0 Å². The van der Waals surface area contributed by atoms with Gasteiger partial charge in [-0.3, -0.25) is 4.68 Å². The molecule has 0 bridgehead atoms. The van der Waals surface area contributed by atoms with Crippen LogP contribution in [0.3, 0.4) is 0 Å². The molecule has 0 aliphatic carbocycles. The van der Waals surface area contributed by atoms with Gasteiger partial charge in [-0.15, -0.1) is 0 Å². The lowest BCUT2D eigenvalue weighted by Crippen LogP contribution is -2.21. The van der Waals surface area contributed by atoms with Gasteiger partial charge >= 0.3 is 0 Å². The lowest BCUT2D eigenvalue weighted by molar-refractivity contribution is -0.00115. The summed E-state index contributed by atoms with van der Waals surface area (Å²) >= 11 is 0. The molecule has 0 unspecified atom stereocenters. The summed E-state index contributed by atoms with van der Waals surface area (Å²) < 4.78 is 29.7. The first-order valence-corrected chi connectivity index (χ1v) is 10.7. The lowest BCUT2D eigenvalue weighted by atomic mass is 10.1. The van der Waals surface area contributed by atoms with Gasteiger partial charge in [0, 0.05) is 5.56 Å². The molecule has 9 heteroatoms. The second-order valence-corrected chi connectivity index (χ2v) is 7.50. The third-order valence-corrected chi connectivity index (χ3v) is 5.49. The molecule has 3 heterocycles. The van der Waals surface area contributed by atoms with Gasteiger partial charge in [-0.1, -0.05) is 17.3 Å². The van der Waals surface area contributed by atoms with Crippen LogP contribution in [-0.2, 0) is 17.9 Å². The van der Waals surface area contributed by atoms with Gasteiger partial charge in [0.25, 0.3) is 5.89 Å². The van der Waals surface area contributed by atoms with Crippen molar-refractivity contribution in [2.75, 3.05) is 20.8 Å². The number of aromatic nitrogens is 4. The van der Waals surface area contributed by atoms with E-state index in [4.69, 9.17) is 23.5 Å². The number of fused-ring (bicyclic) bond motifs is 1. The highest BCUT2D eigenvalue weighted by atomic mass is 16.5. The first-order valence-electron chi connectivity index (χ1n) is 10.7. The van der Waals surface area contributed by atoms with Crippen LogP contribution in [0.15, 0.2) is 53.1 Å². The Bertz CT molecular complexity index is 1250. The molecule has 0 fully saturated rings. The molecule has 33 heavy (non-hydrogen) atoms. The van der Waals surface area contributed by atoms with E-state index in [0.29, 0.717) is 48.7 Å². The molecular formula is C24H24N4O5. The molecule has 2 aromatic heterocycles. The highest BCUT2D eigenvalue weighted by Gasteiger charge is 2.24. The molecule has 0 saturated heterocycles. The maximum atomic E-state index is 6.05. The van der Waals surface area contributed by atoms with E-state index in [1.165, 1.54) is 0 Å². The van der Waals surface area contributed by atoms with E-state index < -0.39 is 0 Å². The van der Waals surface area contributed by atoms with Crippen molar-refractivity contribution in [2.45, 2.75) is 26.2 Å². The molecular weight excluding hydrogens is 424 g/mol. The fourth-order valence-corrected chi connectivity index (χ4v) is 3.78. The SMILES string of the molecule is CCOc1cc(-c2noc(-c3cc4n(n3)C[C@@H](c3ccc(OC)cc3)OC4)n2)ccc1OC. The van der Waals surface area contributed by atoms with Crippen LogP contribution in [0.5, 0.6) is 17.2 Å². The minimum absolute atomic E-state index is 0.0920. The molecule has 0 amide bonds. The number of hydrogen-bond acceptors (Lipinski definition) is 8. The summed E-state index contributed by atoms with van der Waals surface area (Å²) in [6, 6.07) is 15.3. The standard InChI is InChI=1S/C24H24N4O5/c1-4-31-21-11-16(7-10-20(21)30-3)23-25-24(33-27-23)19-12-17-14-32-22(13-28(17)26-19)15-5-8-18(29-2)9-6-15/h5-12,22H,4,13-14H2,1-3H3/t22-/m0/s1. The normalized spacial score (nSPS) is 15.2. The summed E-state index contributed by atoms with van der Waals surface area (Å²) in [7, 11) is 3.26. The van der Waals surface area contributed by atoms with Crippen molar-refractivity contribution in [3.8, 4) is 40.2 Å². The van der Waals surface area contributed by atoms with Gasteiger partial charge in [-0.2, -0.15) is 10.1 Å². The average molecular weight is 448 g/mol. The van der Waals surface area contributed by atoms with Crippen LogP contribution < -0.4 is 14.2 Å². The largest absolute Gasteiger partial charge is 0.497 e. The summed E-state index contributed by atoms with van der Waals surface area (Å²) in [5, 5.41) is 8.81. The van der Waals surface area contributed by atoms with E-state index in [9.17, 15) is 0 Å². The van der Waals surface area contributed by atoms with Gasteiger partial charge in [-0.25, -0.2) is 0 Å². The van der Waals surface area contributed by atoms with Crippen LogP contribution in [0.25, 0.3) is 23.0 Å². The van der Waals surface area contributed by atoms with Crippen molar-refractivity contribution in [3.63, 3.8) is 0 Å². The molecule has 0 spiro atoms. The Morgan fingerprint density at radius 3 is 2.64 bits per heavy atom. The van der Waals surface area contributed by atoms with Crippen LogP contribution in [-0.4, -0.2) is 40.7 Å². The quantitative estimate of drug-likeness (QED) is 0.413. The van der Waals surface area contributed by atoms with Gasteiger partial charge < -0.3 is 23.5 Å². The highest BCUT2D eigenvalue weighted by molar-refractivity contribution is 5.62. The Balaban J connectivity index is 1.36. The van der Waals surface area contributed by atoms with E-state index in [-0.39, 0.29) is 6.10 Å². The molecule has 0 radical (unpaired) electrons. The summed E-state index contributed by atoms with van der Waals surface area (Å²) in [6.45, 7) is 3.48. The Morgan fingerprint density at radius 2 is 1.88 bits per heavy atom. The van der Waals surface area contributed by atoms with Gasteiger partial charge in [0.15, 0.2) is 17.2 Å². The van der Waals surface area contributed by atoms with E-state index in [1.54, 1.807) is 14.2 Å². The molecule has 1 aliphatic rings. The molecule has 5 rings (SSSR count). The Morgan fingerprint density at radius 1 is 1.03 bits per heavy atom. The first kappa shape index (κ1) is 21.0. The molecule has 4 aromatic rings. The molecule has 170 valence electrons. The zero-order valence-corrected chi connectivity index (χ0v) is 18.6. The van der Waals surface area contributed by atoms with E-state index in [2.05, 4.69) is 15.2 Å². The number of rotatable bonds is 7. The zero-order chi connectivity index (χ0) is 22.8. The van der Waals surface area contributed by atoms with Crippen LogP contribution in [0.4, 0.5) is 0 Å². The first-order chi connectivity index (χ1) is 16.2. The average Bonchev–Trinajstić information content (AvgIpc) is 3.51. The van der Waals surface area contributed by atoms with Crippen LogP contribution in [0.1, 0.15) is 24.3 Å². The summed E-state index contributed by atoms with van der Waals surface area (Å²) in [5.74, 6) is 2.89. The van der Waals surface area contributed by atoms with Crippen molar-refractivity contribution in [2.24, 2.45) is 0 Å². The van der Waals surface area contributed by atoms with Gasteiger partial charge in [0.05, 0.1) is 39.7 Å². The predicted octanol–water partition coefficient (Wildman–Crippen LogP) is 4.29. The summed E-state index contributed by atoms with van der Waals surface area (Å²) in [6.07, 6.45) is -0.0920. The Labute approximate surface area is 190 Å². The second-order valence-electron chi connectivity index (χ2n) is 7.50. The molecule has 0 saturated carbocycles. The van der Waals surface area contributed by atoms with Crippen LogP contribution in [0, 0.1) is 0 Å². The van der Waals surface area contributed by atoms with Crippen molar-refractivity contribution in [3.05, 3.63) is 59.8 Å². The minimum Gasteiger partial charge on any atom is -0.497 e. The van der Waals surface area contributed by atoms with Gasteiger partial charge in [0.1, 0.15) is 11.9 Å². The number of methoxy groups -OCH3 is 2. The van der Waals surface area contributed by atoms with E-state index >= 15 is 0 Å². The number of hydrogen-bond donors (Lipinski definition) is 0. The maximum Gasteiger partial charge on any atom is 0.278 e. The molecule has 1 atom stereocenters. The summed E-state index contributed by atoms with van der Waals surface area (Å²) in [5.41, 5.74) is 3.41. The topological polar surface area (TPSA) is 93.7 Å². The van der Waals surface area contributed by atoms with Crippen molar-refractivity contribution >= 4 is 0 Å². The number of nitrogens with zero attached hydrogens (tertiary/aromatic N) is 4. The van der Waals surface area contributed by atoms with Crippen molar-refractivity contribution in [1.29, 1.82) is 0 Å². The fraction of sp³-hybridized carbons (Fsp3) is 0.292. The van der Waals surface area contributed by atoms with Gasteiger partial charge in [-0.05, 0) is 48.9 Å². The van der Waals surface area contributed by atoms with Crippen molar-refractivity contribution in [1.82, 2.24) is 19.9 Å². The zero-order valence-electron chi connectivity index (χ0n) is 18.6. The monoisotopic (exact) mass is 448 g/mol. The van der Waals surface area contributed by atoms with E-state index in [0.717, 1.165) is 22.6 Å². The smallest absolute Gasteiger partial charge is 0.278 e. The molecule has 2 aromatic carbocycles. The third kappa shape index (κ3) is 4.14. The maximum absolute atomic E-state index is 6.05. The number of benzene rings is 2. The third-order valence-electron chi connectivity index (χ3n) is 5.49. The molecule has 9 nitrogen and oxygen atoms in total.